The fraction of sp³-hybridized carbons (Fsp3) is 0.125. The third kappa shape index (κ3) is 2.93. The Balaban J connectivity index is 1.91. The van der Waals surface area contributed by atoms with Crippen LogP contribution in [0.4, 0.5) is 5.69 Å². The molecule has 1 N–H and O–H groups in total. The maximum atomic E-state index is 12.5. The summed E-state index contributed by atoms with van der Waals surface area (Å²) in [5.74, 6) is 0.103. The Morgan fingerprint density at radius 3 is 2.83 bits per heavy atom. The number of halogens is 1. The predicted octanol–water partition coefficient (Wildman–Crippen LogP) is 2.89. The van der Waals surface area contributed by atoms with Crippen LogP contribution in [0.25, 0.3) is 5.69 Å². The maximum absolute atomic E-state index is 12.5. The Morgan fingerprint density at radius 1 is 1.29 bits per heavy atom. The van der Waals surface area contributed by atoms with Gasteiger partial charge in [0.25, 0.3) is 5.91 Å². The number of amides is 1. The molecule has 2 aromatic heterocycles. The molecule has 2 heterocycles. The first-order valence-electron chi connectivity index (χ1n) is 7.08. The Kier molecular flexibility index (Phi) is 4.43. The van der Waals surface area contributed by atoms with E-state index in [1.807, 2.05) is 12.1 Å². The summed E-state index contributed by atoms with van der Waals surface area (Å²) >= 11 is 6.17. The molecule has 0 fully saturated rings. The molecule has 7 nitrogen and oxygen atoms in total. The van der Waals surface area contributed by atoms with Crippen LogP contribution in [0, 0.1) is 6.92 Å². The first-order valence-corrected chi connectivity index (χ1v) is 7.46. The molecule has 0 aliphatic heterocycles. The average Bonchev–Trinajstić information content (AvgIpc) is 2.97. The number of anilines is 1. The fourth-order valence-corrected chi connectivity index (χ4v) is 2.44. The summed E-state index contributed by atoms with van der Waals surface area (Å²) in [6, 6.07) is 8.86. The number of pyridine rings is 1. The number of nitrogens with zero attached hydrogens (tertiary/aromatic N) is 4. The van der Waals surface area contributed by atoms with Crippen LogP contribution in [0.5, 0.6) is 5.75 Å². The number of hydrogen-bond donors (Lipinski definition) is 1. The van der Waals surface area contributed by atoms with E-state index in [1.165, 1.54) is 18.0 Å². The Hall–Kier alpha value is -2.93. The van der Waals surface area contributed by atoms with Crippen LogP contribution in [-0.2, 0) is 0 Å². The van der Waals surface area contributed by atoms with Gasteiger partial charge in [-0.05, 0) is 19.1 Å². The average molecular weight is 344 g/mol. The molecule has 0 atom stereocenters. The number of methoxy groups -OCH3 is 1. The molecule has 122 valence electrons. The van der Waals surface area contributed by atoms with Crippen molar-refractivity contribution in [1.82, 2.24) is 20.0 Å². The molecular weight excluding hydrogens is 330 g/mol. The highest BCUT2D eigenvalue weighted by Gasteiger charge is 2.19. The fourth-order valence-electron chi connectivity index (χ4n) is 2.23. The van der Waals surface area contributed by atoms with Crippen LogP contribution in [0.3, 0.4) is 0 Å². The second-order valence-corrected chi connectivity index (χ2v) is 5.32. The van der Waals surface area contributed by atoms with Gasteiger partial charge in [-0.15, -0.1) is 5.10 Å². The largest absolute Gasteiger partial charge is 0.494 e. The van der Waals surface area contributed by atoms with E-state index in [2.05, 4.69) is 20.6 Å². The molecule has 0 radical (unpaired) electrons. The first kappa shape index (κ1) is 15.9. The summed E-state index contributed by atoms with van der Waals surface area (Å²) in [6.45, 7) is 1.75. The van der Waals surface area contributed by atoms with Crippen molar-refractivity contribution >= 4 is 23.2 Å². The highest BCUT2D eigenvalue weighted by molar-refractivity contribution is 6.32. The number of carbonyl (C=O) groups excluding carboxylic acids is 1. The van der Waals surface area contributed by atoms with Gasteiger partial charge in [-0.3, -0.25) is 9.78 Å². The van der Waals surface area contributed by atoms with Gasteiger partial charge in [-0.25, -0.2) is 4.68 Å². The minimum atomic E-state index is -0.405. The van der Waals surface area contributed by atoms with Crippen molar-refractivity contribution in [2.24, 2.45) is 0 Å². The number of carbonyl (C=O) groups is 1. The molecule has 1 aromatic carbocycles. The standard InChI is InChI=1S/C16H14ClN5O2/c1-10-15(16(23)19-12-9-18-8-7-14(12)24-2)20-21-22(10)13-6-4-3-5-11(13)17/h3-9H,1-2H3,(H,19,23). The maximum Gasteiger partial charge on any atom is 0.278 e. The van der Waals surface area contributed by atoms with Crippen LogP contribution in [-0.4, -0.2) is 33.0 Å². The molecule has 3 aromatic rings. The van der Waals surface area contributed by atoms with Crippen molar-refractivity contribution in [3.05, 3.63) is 59.1 Å². The predicted molar refractivity (Wildman–Crippen MR) is 89.8 cm³/mol. The van der Waals surface area contributed by atoms with Gasteiger partial charge in [0, 0.05) is 12.3 Å². The summed E-state index contributed by atoms with van der Waals surface area (Å²) in [7, 11) is 1.52. The quantitative estimate of drug-likeness (QED) is 0.787. The highest BCUT2D eigenvalue weighted by atomic mass is 35.5. The van der Waals surface area contributed by atoms with Crippen molar-refractivity contribution in [1.29, 1.82) is 0 Å². The van der Waals surface area contributed by atoms with Gasteiger partial charge < -0.3 is 10.1 Å². The lowest BCUT2D eigenvalue weighted by atomic mass is 10.2. The molecule has 0 bridgehead atoms. The second-order valence-electron chi connectivity index (χ2n) is 4.92. The van der Waals surface area contributed by atoms with Gasteiger partial charge in [0.05, 0.1) is 29.7 Å². The van der Waals surface area contributed by atoms with E-state index in [4.69, 9.17) is 16.3 Å². The number of benzene rings is 1. The summed E-state index contributed by atoms with van der Waals surface area (Å²) in [5, 5.41) is 11.2. The van der Waals surface area contributed by atoms with Gasteiger partial charge in [0.15, 0.2) is 5.69 Å². The Morgan fingerprint density at radius 2 is 2.08 bits per heavy atom. The zero-order valence-corrected chi connectivity index (χ0v) is 13.8. The van der Waals surface area contributed by atoms with E-state index < -0.39 is 5.91 Å². The number of ether oxygens (including phenoxy) is 1. The van der Waals surface area contributed by atoms with E-state index in [1.54, 1.807) is 31.3 Å². The zero-order chi connectivity index (χ0) is 17.1. The zero-order valence-electron chi connectivity index (χ0n) is 13.0. The minimum Gasteiger partial charge on any atom is -0.494 e. The highest BCUT2D eigenvalue weighted by Crippen LogP contribution is 2.24. The lowest BCUT2D eigenvalue weighted by Crippen LogP contribution is -2.15. The van der Waals surface area contributed by atoms with Crippen LogP contribution >= 0.6 is 11.6 Å². The van der Waals surface area contributed by atoms with Crippen molar-refractivity contribution < 1.29 is 9.53 Å². The summed E-state index contributed by atoms with van der Waals surface area (Å²) < 4.78 is 6.71. The third-order valence-corrected chi connectivity index (χ3v) is 3.76. The number of nitrogens with one attached hydrogen (secondary N) is 1. The third-order valence-electron chi connectivity index (χ3n) is 3.44. The van der Waals surface area contributed by atoms with Gasteiger partial charge in [-0.1, -0.05) is 28.9 Å². The van der Waals surface area contributed by atoms with Crippen LogP contribution in [0.2, 0.25) is 5.02 Å². The SMILES string of the molecule is COc1ccncc1NC(=O)c1nnn(-c2ccccc2Cl)c1C. The second kappa shape index (κ2) is 6.67. The van der Waals surface area contributed by atoms with Gasteiger partial charge in [-0.2, -0.15) is 0 Å². The van der Waals surface area contributed by atoms with Crippen LogP contribution in [0.1, 0.15) is 16.2 Å². The van der Waals surface area contributed by atoms with E-state index in [-0.39, 0.29) is 5.69 Å². The molecule has 3 rings (SSSR count). The van der Waals surface area contributed by atoms with E-state index in [0.717, 1.165) is 0 Å². The van der Waals surface area contributed by atoms with Crippen molar-refractivity contribution in [2.75, 3.05) is 12.4 Å². The van der Waals surface area contributed by atoms with Crippen LogP contribution < -0.4 is 10.1 Å². The monoisotopic (exact) mass is 343 g/mol. The van der Waals surface area contributed by atoms with E-state index in [9.17, 15) is 4.79 Å². The van der Waals surface area contributed by atoms with E-state index >= 15 is 0 Å². The molecule has 0 saturated carbocycles. The molecular formula is C16H14ClN5O2. The topological polar surface area (TPSA) is 81.9 Å². The Bertz CT molecular complexity index is 894. The molecule has 0 aliphatic rings. The minimum absolute atomic E-state index is 0.195. The summed E-state index contributed by atoms with van der Waals surface area (Å²) in [6.07, 6.45) is 3.08. The normalized spacial score (nSPS) is 10.5. The summed E-state index contributed by atoms with van der Waals surface area (Å²) in [5.41, 5.74) is 1.88. The number of aromatic nitrogens is 4. The van der Waals surface area contributed by atoms with Crippen molar-refractivity contribution in [3.63, 3.8) is 0 Å². The molecule has 0 spiro atoms. The molecule has 24 heavy (non-hydrogen) atoms. The number of para-hydroxylation sites is 1. The van der Waals surface area contributed by atoms with Crippen LogP contribution in [0.15, 0.2) is 42.7 Å². The van der Waals surface area contributed by atoms with Crippen molar-refractivity contribution in [3.8, 4) is 11.4 Å². The number of rotatable bonds is 4. The van der Waals surface area contributed by atoms with Crippen molar-refractivity contribution in [2.45, 2.75) is 6.92 Å². The summed E-state index contributed by atoms with van der Waals surface area (Å²) in [4.78, 5) is 16.5. The van der Waals surface area contributed by atoms with Gasteiger partial charge >= 0.3 is 0 Å². The first-order chi connectivity index (χ1) is 11.6. The molecule has 0 saturated heterocycles. The van der Waals surface area contributed by atoms with E-state index in [0.29, 0.717) is 27.8 Å². The van der Waals surface area contributed by atoms with Gasteiger partial charge in [0.2, 0.25) is 0 Å². The Labute approximate surface area is 143 Å². The van der Waals surface area contributed by atoms with Gasteiger partial charge in [0.1, 0.15) is 11.4 Å². The molecule has 0 aliphatic carbocycles. The number of hydrogen-bond acceptors (Lipinski definition) is 5. The molecule has 1 amide bonds. The lowest BCUT2D eigenvalue weighted by molar-refractivity contribution is 0.102. The lowest BCUT2D eigenvalue weighted by Gasteiger charge is -2.08. The smallest absolute Gasteiger partial charge is 0.278 e. The molecule has 8 heteroatoms. The molecule has 0 unspecified atom stereocenters.